The number of carbonyl (C=O) groups is 1. The van der Waals surface area contributed by atoms with Gasteiger partial charge < -0.3 is 9.16 Å². The highest BCUT2D eigenvalue weighted by molar-refractivity contribution is 6.48. The summed E-state index contributed by atoms with van der Waals surface area (Å²) in [4.78, 5) is 12.2. The molecule has 1 fully saturated rings. The van der Waals surface area contributed by atoms with Crippen LogP contribution in [0.15, 0.2) is 30.3 Å². The van der Waals surface area contributed by atoms with E-state index in [2.05, 4.69) is 33.9 Å². The molecule has 0 amide bonds. The van der Waals surface area contributed by atoms with Crippen LogP contribution in [0.3, 0.4) is 0 Å². The molecule has 0 unspecified atom stereocenters. The largest absolute Gasteiger partial charge is 0.461 e. The zero-order chi connectivity index (χ0) is 18.5. The van der Waals surface area contributed by atoms with Gasteiger partial charge in [0.1, 0.15) is 6.61 Å². The van der Waals surface area contributed by atoms with Crippen molar-refractivity contribution in [3.05, 3.63) is 35.9 Å². The van der Waals surface area contributed by atoms with Crippen LogP contribution in [0.1, 0.15) is 58.4 Å². The maximum atomic E-state index is 12.2. The van der Waals surface area contributed by atoms with E-state index in [1.165, 1.54) is 0 Å². The summed E-state index contributed by atoms with van der Waals surface area (Å²) in [6.45, 7) is 11.7. The summed E-state index contributed by atoms with van der Waals surface area (Å²) in [5, 5.41) is 0. The highest BCUT2D eigenvalue weighted by Crippen LogP contribution is 2.47. The van der Waals surface area contributed by atoms with Crippen LogP contribution in [0.2, 0.25) is 13.1 Å². The number of hydrogen-bond donors (Lipinski definition) is 0. The van der Waals surface area contributed by atoms with Crippen molar-refractivity contribution in [2.24, 2.45) is 11.3 Å². The van der Waals surface area contributed by atoms with Crippen molar-refractivity contribution in [3.8, 4) is 0 Å². The Labute approximate surface area is 154 Å². The van der Waals surface area contributed by atoms with Crippen LogP contribution in [0.25, 0.3) is 0 Å². The molecule has 2 rings (SSSR count). The lowest BCUT2D eigenvalue weighted by Crippen LogP contribution is -2.50. The van der Waals surface area contributed by atoms with Crippen LogP contribution >= 0.6 is 0 Å². The van der Waals surface area contributed by atoms with Crippen LogP contribution in [0, 0.1) is 11.3 Å². The summed E-state index contributed by atoms with van der Waals surface area (Å²) >= 11 is 0. The second kappa shape index (κ2) is 8.50. The third-order valence-electron chi connectivity index (χ3n) is 5.44. The van der Waals surface area contributed by atoms with Crippen molar-refractivity contribution in [2.75, 3.05) is 0 Å². The predicted octanol–water partition coefficient (Wildman–Crippen LogP) is 5.10. The van der Waals surface area contributed by atoms with Gasteiger partial charge in [-0.1, -0.05) is 51.1 Å². The Morgan fingerprint density at radius 2 is 1.76 bits per heavy atom. The molecule has 1 aliphatic carbocycles. The van der Waals surface area contributed by atoms with Gasteiger partial charge in [0.2, 0.25) is 0 Å². The maximum Gasteiger partial charge on any atom is 0.306 e. The standard InChI is InChI=1S/C21H34O3Si/c1-20(2,3)21(24-25(4)5)13-11-17(12-14-21)15-19(22)23-16-18-9-7-6-8-10-18/h6-10,17,25H,11-16H2,1-5H3/t17-,21-. The van der Waals surface area contributed by atoms with Gasteiger partial charge in [-0.3, -0.25) is 4.79 Å². The molecule has 0 radical (unpaired) electrons. The predicted molar refractivity (Wildman–Crippen MR) is 105 cm³/mol. The zero-order valence-electron chi connectivity index (χ0n) is 16.5. The van der Waals surface area contributed by atoms with Crippen LogP contribution in [-0.4, -0.2) is 20.6 Å². The molecule has 0 heterocycles. The van der Waals surface area contributed by atoms with E-state index in [9.17, 15) is 4.79 Å². The molecular formula is C21H34O3Si. The zero-order valence-corrected chi connectivity index (χ0v) is 17.7. The van der Waals surface area contributed by atoms with Crippen LogP contribution < -0.4 is 0 Å². The van der Waals surface area contributed by atoms with Crippen LogP contribution in [-0.2, 0) is 20.6 Å². The Morgan fingerprint density at radius 3 is 2.28 bits per heavy atom. The fourth-order valence-corrected chi connectivity index (χ4v) is 5.37. The first kappa shape index (κ1) is 20.2. The first-order valence-electron chi connectivity index (χ1n) is 9.59. The van der Waals surface area contributed by atoms with Gasteiger partial charge >= 0.3 is 5.97 Å². The molecule has 1 aliphatic rings. The molecule has 0 spiro atoms. The van der Waals surface area contributed by atoms with E-state index in [-0.39, 0.29) is 17.0 Å². The fraction of sp³-hybridized carbons (Fsp3) is 0.667. The minimum absolute atomic E-state index is 0.0160. The molecule has 0 N–H and O–H groups in total. The fourth-order valence-electron chi connectivity index (χ4n) is 3.88. The first-order chi connectivity index (χ1) is 11.7. The van der Waals surface area contributed by atoms with Crippen molar-refractivity contribution in [1.82, 2.24) is 0 Å². The number of hydrogen-bond acceptors (Lipinski definition) is 3. The van der Waals surface area contributed by atoms with Crippen molar-refractivity contribution >= 4 is 15.0 Å². The van der Waals surface area contributed by atoms with Crippen LogP contribution in [0.4, 0.5) is 0 Å². The van der Waals surface area contributed by atoms with Crippen molar-refractivity contribution in [3.63, 3.8) is 0 Å². The summed E-state index contributed by atoms with van der Waals surface area (Å²) in [6, 6.07) is 9.87. The minimum Gasteiger partial charge on any atom is -0.461 e. The highest BCUT2D eigenvalue weighted by atomic mass is 28.3. The van der Waals surface area contributed by atoms with Gasteiger partial charge in [-0.2, -0.15) is 0 Å². The van der Waals surface area contributed by atoms with Gasteiger partial charge in [-0.05, 0) is 55.7 Å². The molecule has 0 saturated heterocycles. The van der Waals surface area contributed by atoms with E-state index in [4.69, 9.17) is 9.16 Å². The third kappa shape index (κ3) is 5.68. The normalized spacial score (nSPS) is 24.3. The summed E-state index contributed by atoms with van der Waals surface area (Å²) in [5.41, 5.74) is 1.17. The Hall–Kier alpha value is -1.13. The average molecular weight is 363 g/mol. The molecule has 0 aliphatic heterocycles. The van der Waals surface area contributed by atoms with E-state index in [1.807, 2.05) is 30.3 Å². The number of carbonyl (C=O) groups excluding carboxylic acids is 1. The summed E-state index contributed by atoms with van der Waals surface area (Å²) in [6.07, 6.45) is 4.75. The van der Waals surface area contributed by atoms with Gasteiger partial charge in [-0.25, -0.2) is 0 Å². The van der Waals surface area contributed by atoms with Crippen molar-refractivity contribution in [1.29, 1.82) is 0 Å². The average Bonchev–Trinajstić information content (AvgIpc) is 2.54. The van der Waals surface area contributed by atoms with Gasteiger partial charge in [0.25, 0.3) is 0 Å². The Kier molecular flexibility index (Phi) is 6.86. The lowest BCUT2D eigenvalue weighted by atomic mass is 9.65. The van der Waals surface area contributed by atoms with Crippen LogP contribution in [0.5, 0.6) is 0 Å². The highest BCUT2D eigenvalue weighted by Gasteiger charge is 2.45. The topological polar surface area (TPSA) is 35.5 Å². The van der Waals surface area contributed by atoms with Gasteiger partial charge in [0.05, 0.1) is 5.60 Å². The van der Waals surface area contributed by atoms with E-state index < -0.39 is 9.04 Å². The molecule has 25 heavy (non-hydrogen) atoms. The molecule has 1 aromatic carbocycles. The van der Waals surface area contributed by atoms with Gasteiger partial charge in [0.15, 0.2) is 9.04 Å². The van der Waals surface area contributed by atoms with Gasteiger partial charge in [-0.15, -0.1) is 0 Å². The summed E-state index contributed by atoms with van der Waals surface area (Å²) in [7, 11) is -1.10. The minimum atomic E-state index is -1.10. The molecule has 0 atom stereocenters. The SMILES string of the molecule is C[SiH](C)O[C@]1(C(C)(C)C)CC[C@@H](CC(=O)OCc2ccccc2)CC1. The summed E-state index contributed by atoms with van der Waals surface area (Å²) < 4.78 is 12.0. The van der Waals surface area contributed by atoms with E-state index in [0.29, 0.717) is 18.9 Å². The smallest absolute Gasteiger partial charge is 0.306 e. The number of rotatable bonds is 6. The number of benzene rings is 1. The molecule has 1 aromatic rings. The molecular weight excluding hydrogens is 328 g/mol. The van der Waals surface area contributed by atoms with Gasteiger partial charge in [0, 0.05) is 6.42 Å². The van der Waals surface area contributed by atoms with E-state index >= 15 is 0 Å². The number of ether oxygens (including phenoxy) is 1. The first-order valence-corrected chi connectivity index (χ1v) is 12.4. The van der Waals surface area contributed by atoms with E-state index in [0.717, 1.165) is 31.2 Å². The molecule has 140 valence electrons. The molecule has 1 saturated carbocycles. The monoisotopic (exact) mass is 362 g/mol. The van der Waals surface area contributed by atoms with Crippen molar-refractivity contribution in [2.45, 2.75) is 78.2 Å². The maximum absolute atomic E-state index is 12.2. The second-order valence-electron chi connectivity index (χ2n) is 8.70. The summed E-state index contributed by atoms with van der Waals surface area (Å²) in [5.74, 6) is 0.354. The molecule has 4 heteroatoms. The lowest BCUT2D eigenvalue weighted by molar-refractivity contribution is -0.147. The quantitative estimate of drug-likeness (QED) is 0.522. The molecule has 3 nitrogen and oxygen atoms in total. The molecule has 0 bridgehead atoms. The second-order valence-corrected chi connectivity index (χ2v) is 11.0. The third-order valence-corrected chi connectivity index (χ3v) is 6.36. The van der Waals surface area contributed by atoms with Crippen molar-refractivity contribution < 1.29 is 14.0 Å². The Bertz CT molecular complexity index is 540. The Balaban J connectivity index is 1.83. The molecule has 0 aromatic heterocycles. The number of esters is 1. The van der Waals surface area contributed by atoms with E-state index in [1.54, 1.807) is 0 Å². The lowest BCUT2D eigenvalue weighted by Gasteiger charge is -2.50. The Morgan fingerprint density at radius 1 is 1.16 bits per heavy atom.